The number of H-pyrrole nitrogens is 1. The van der Waals surface area contributed by atoms with E-state index in [4.69, 9.17) is 0 Å². The van der Waals surface area contributed by atoms with Gasteiger partial charge in [-0.05, 0) is 50.3 Å². The second-order valence-corrected chi connectivity index (χ2v) is 7.56. The van der Waals surface area contributed by atoms with Crippen molar-refractivity contribution in [2.75, 3.05) is 0 Å². The predicted octanol–water partition coefficient (Wildman–Crippen LogP) is 3.68. The van der Waals surface area contributed by atoms with Crippen molar-refractivity contribution >= 4 is 11.6 Å². The van der Waals surface area contributed by atoms with Gasteiger partial charge in [0.1, 0.15) is 0 Å². The highest BCUT2D eigenvalue weighted by Crippen LogP contribution is 2.38. The normalized spacial score (nSPS) is 22.8. The fraction of sp³-hybridized carbons (Fsp3) is 0.429. The zero-order valence-electron chi connectivity index (χ0n) is 15.4. The summed E-state index contributed by atoms with van der Waals surface area (Å²) in [6, 6.07) is 13.2. The molecule has 0 aliphatic carbocycles. The van der Waals surface area contributed by atoms with E-state index in [1.807, 2.05) is 26.0 Å². The lowest BCUT2D eigenvalue weighted by molar-refractivity contribution is 0.176. The van der Waals surface area contributed by atoms with E-state index in [9.17, 15) is 4.79 Å². The Morgan fingerprint density at radius 1 is 1.35 bits per heavy atom. The molecule has 2 N–H and O–H groups in total. The molecule has 0 saturated carbocycles. The molecule has 5 nitrogen and oxygen atoms in total. The van der Waals surface area contributed by atoms with Crippen molar-refractivity contribution in [3.05, 3.63) is 59.4 Å². The molecule has 2 aliphatic heterocycles. The maximum atomic E-state index is 12.9. The van der Waals surface area contributed by atoms with E-state index < -0.39 is 0 Å². The van der Waals surface area contributed by atoms with Crippen molar-refractivity contribution in [2.45, 2.75) is 57.7 Å². The van der Waals surface area contributed by atoms with Crippen LogP contribution in [0.5, 0.6) is 0 Å². The number of aromatic amines is 1. The van der Waals surface area contributed by atoms with Crippen LogP contribution in [0, 0.1) is 6.92 Å². The number of nitrogens with one attached hydrogen (secondary N) is 2. The van der Waals surface area contributed by atoms with Crippen molar-refractivity contribution < 1.29 is 4.79 Å². The van der Waals surface area contributed by atoms with Crippen LogP contribution in [0.25, 0.3) is 5.57 Å². The van der Waals surface area contributed by atoms with E-state index in [-0.39, 0.29) is 18.1 Å². The number of aromatic nitrogens is 2. The van der Waals surface area contributed by atoms with Crippen molar-refractivity contribution in [3.8, 4) is 0 Å². The SMILES string of the molecule is Cc1cc(CC(C)NC(=O)N2C3C=C(c4ccccc4)CC2CC3)n[nH]1. The Balaban J connectivity index is 1.42. The fourth-order valence-corrected chi connectivity index (χ4v) is 4.24. The Labute approximate surface area is 154 Å². The van der Waals surface area contributed by atoms with Crippen LogP contribution in [0.2, 0.25) is 0 Å². The summed E-state index contributed by atoms with van der Waals surface area (Å²) in [6.07, 6.45) is 6.12. The molecule has 2 bridgehead atoms. The zero-order chi connectivity index (χ0) is 18.1. The molecule has 136 valence electrons. The molecule has 0 radical (unpaired) electrons. The van der Waals surface area contributed by atoms with Crippen LogP contribution in [0.3, 0.4) is 0 Å². The lowest BCUT2D eigenvalue weighted by Gasteiger charge is -2.35. The van der Waals surface area contributed by atoms with Crippen LogP contribution in [-0.2, 0) is 6.42 Å². The number of amides is 2. The van der Waals surface area contributed by atoms with Gasteiger partial charge >= 0.3 is 6.03 Å². The zero-order valence-corrected chi connectivity index (χ0v) is 15.4. The summed E-state index contributed by atoms with van der Waals surface area (Å²) < 4.78 is 0. The highest BCUT2D eigenvalue weighted by molar-refractivity contribution is 5.79. The van der Waals surface area contributed by atoms with Gasteiger partial charge in [0.05, 0.1) is 11.7 Å². The van der Waals surface area contributed by atoms with Crippen LogP contribution in [0.1, 0.15) is 43.1 Å². The summed E-state index contributed by atoms with van der Waals surface area (Å²) >= 11 is 0. The molecule has 3 heterocycles. The first kappa shape index (κ1) is 16.9. The van der Waals surface area contributed by atoms with Gasteiger partial charge in [-0.2, -0.15) is 5.10 Å². The lowest BCUT2D eigenvalue weighted by Crippen LogP contribution is -2.50. The summed E-state index contributed by atoms with van der Waals surface area (Å²) in [5.74, 6) is 0. The molecule has 2 aliphatic rings. The number of carbonyl (C=O) groups is 1. The van der Waals surface area contributed by atoms with Gasteiger partial charge in [0.2, 0.25) is 0 Å². The third kappa shape index (κ3) is 3.39. The Kier molecular flexibility index (Phi) is 4.53. The standard InChI is InChI=1S/C21H26N4O/c1-14(10-18-11-15(2)23-24-18)22-21(26)25-19-8-9-20(25)13-17(12-19)16-6-4-3-5-7-16/h3-7,11-12,14,19-20H,8-10,13H2,1-2H3,(H,22,26)(H,23,24). The maximum Gasteiger partial charge on any atom is 0.318 e. The smallest absolute Gasteiger partial charge is 0.318 e. The van der Waals surface area contributed by atoms with Crippen LogP contribution < -0.4 is 5.32 Å². The molecule has 1 fully saturated rings. The molecule has 1 aromatic carbocycles. The van der Waals surface area contributed by atoms with Gasteiger partial charge in [0.15, 0.2) is 0 Å². The monoisotopic (exact) mass is 350 g/mol. The fourth-order valence-electron chi connectivity index (χ4n) is 4.24. The Morgan fingerprint density at radius 2 is 2.15 bits per heavy atom. The largest absolute Gasteiger partial charge is 0.335 e. The van der Waals surface area contributed by atoms with Gasteiger partial charge in [0, 0.05) is 24.2 Å². The second-order valence-electron chi connectivity index (χ2n) is 7.56. The molecule has 2 amide bonds. The first-order valence-corrected chi connectivity index (χ1v) is 9.46. The minimum Gasteiger partial charge on any atom is -0.335 e. The van der Waals surface area contributed by atoms with Gasteiger partial charge in [-0.3, -0.25) is 5.10 Å². The molecule has 2 aromatic rings. The summed E-state index contributed by atoms with van der Waals surface area (Å²) in [7, 11) is 0. The number of urea groups is 1. The summed E-state index contributed by atoms with van der Waals surface area (Å²) in [5, 5.41) is 10.4. The molecular formula is C21H26N4O. The van der Waals surface area contributed by atoms with Gasteiger partial charge in [-0.1, -0.05) is 36.4 Å². The van der Waals surface area contributed by atoms with Crippen molar-refractivity contribution in [2.24, 2.45) is 0 Å². The molecule has 3 atom stereocenters. The molecule has 0 spiro atoms. The average Bonchev–Trinajstić information content (AvgIpc) is 3.15. The number of benzene rings is 1. The number of aryl methyl sites for hydroxylation is 1. The van der Waals surface area contributed by atoms with Crippen LogP contribution in [0.15, 0.2) is 42.5 Å². The number of hydrogen-bond donors (Lipinski definition) is 2. The van der Waals surface area contributed by atoms with Gasteiger partial charge in [-0.25, -0.2) is 4.79 Å². The van der Waals surface area contributed by atoms with Gasteiger partial charge in [-0.15, -0.1) is 0 Å². The highest BCUT2D eigenvalue weighted by Gasteiger charge is 2.39. The van der Waals surface area contributed by atoms with Crippen molar-refractivity contribution in [1.29, 1.82) is 0 Å². The number of hydrogen-bond acceptors (Lipinski definition) is 2. The number of nitrogens with zero attached hydrogens (tertiary/aromatic N) is 2. The first-order chi connectivity index (χ1) is 12.6. The molecular weight excluding hydrogens is 324 g/mol. The summed E-state index contributed by atoms with van der Waals surface area (Å²) in [4.78, 5) is 14.9. The van der Waals surface area contributed by atoms with Crippen LogP contribution >= 0.6 is 0 Å². The minimum absolute atomic E-state index is 0.0561. The molecule has 1 aromatic heterocycles. The Morgan fingerprint density at radius 3 is 2.85 bits per heavy atom. The van der Waals surface area contributed by atoms with E-state index in [0.29, 0.717) is 6.04 Å². The molecule has 4 rings (SSSR count). The van der Waals surface area contributed by atoms with E-state index in [1.54, 1.807) is 0 Å². The molecule has 5 heteroatoms. The number of fused-ring (bicyclic) bond motifs is 2. The minimum atomic E-state index is 0.0561. The van der Waals surface area contributed by atoms with Crippen molar-refractivity contribution in [3.63, 3.8) is 0 Å². The second kappa shape index (κ2) is 6.98. The average molecular weight is 350 g/mol. The third-order valence-electron chi connectivity index (χ3n) is 5.42. The van der Waals surface area contributed by atoms with Gasteiger partial charge in [0.25, 0.3) is 0 Å². The summed E-state index contributed by atoms with van der Waals surface area (Å²) in [6.45, 7) is 4.03. The predicted molar refractivity (Wildman–Crippen MR) is 103 cm³/mol. The lowest BCUT2D eigenvalue weighted by atomic mass is 9.95. The van der Waals surface area contributed by atoms with Gasteiger partial charge < -0.3 is 10.2 Å². The number of rotatable bonds is 4. The van der Waals surface area contributed by atoms with E-state index in [2.05, 4.69) is 50.8 Å². The summed E-state index contributed by atoms with van der Waals surface area (Å²) in [5.41, 5.74) is 4.70. The Hall–Kier alpha value is -2.56. The van der Waals surface area contributed by atoms with Crippen LogP contribution in [0.4, 0.5) is 4.79 Å². The number of carbonyl (C=O) groups excluding carboxylic acids is 1. The van der Waals surface area contributed by atoms with E-state index >= 15 is 0 Å². The molecule has 26 heavy (non-hydrogen) atoms. The Bertz CT molecular complexity index is 810. The van der Waals surface area contributed by atoms with Crippen molar-refractivity contribution in [1.82, 2.24) is 20.4 Å². The topological polar surface area (TPSA) is 61.0 Å². The molecule has 3 unspecified atom stereocenters. The maximum absolute atomic E-state index is 12.9. The first-order valence-electron chi connectivity index (χ1n) is 9.46. The van der Waals surface area contributed by atoms with E-state index in [1.165, 1.54) is 11.1 Å². The quantitative estimate of drug-likeness (QED) is 0.884. The highest BCUT2D eigenvalue weighted by atomic mass is 16.2. The molecule has 1 saturated heterocycles. The van der Waals surface area contributed by atoms with E-state index in [0.717, 1.165) is 37.1 Å². The van der Waals surface area contributed by atoms with Crippen LogP contribution in [-0.4, -0.2) is 39.3 Å². The third-order valence-corrected chi connectivity index (χ3v) is 5.42.